The van der Waals surface area contributed by atoms with Gasteiger partial charge in [0.05, 0.1) is 5.69 Å². The molecule has 112 valence electrons. The zero-order chi connectivity index (χ0) is 15.4. The molecule has 0 fully saturated rings. The normalized spacial score (nSPS) is 10.6. The number of halogens is 1. The van der Waals surface area contributed by atoms with Crippen LogP contribution in [0.4, 0.5) is 0 Å². The third kappa shape index (κ3) is 3.52. The number of amides is 1. The minimum atomic E-state index is -0.134. The van der Waals surface area contributed by atoms with Gasteiger partial charge in [0, 0.05) is 41.3 Å². The Hall–Kier alpha value is -2.18. The second kappa shape index (κ2) is 6.72. The molecule has 3 rings (SSSR count). The van der Waals surface area contributed by atoms with Crippen molar-refractivity contribution in [3.05, 3.63) is 64.4 Å². The summed E-state index contributed by atoms with van der Waals surface area (Å²) in [4.78, 5) is 16.5. The summed E-state index contributed by atoms with van der Waals surface area (Å²) < 4.78 is 1.72. The van der Waals surface area contributed by atoms with E-state index in [1.54, 1.807) is 35.1 Å². The first-order valence-electron chi connectivity index (χ1n) is 6.70. The summed E-state index contributed by atoms with van der Waals surface area (Å²) in [6.07, 6.45) is 4.24. The molecule has 0 saturated heterocycles. The van der Waals surface area contributed by atoms with E-state index in [4.69, 9.17) is 11.6 Å². The molecule has 0 aliphatic carbocycles. The zero-order valence-electron chi connectivity index (χ0n) is 11.6. The van der Waals surface area contributed by atoms with Crippen molar-refractivity contribution in [3.63, 3.8) is 0 Å². The van der Waals surface area contributed by atoms with Crippen molar-refractivity contribution in [3.8, 4) is 5.13 Å². The van der Waals surface area contributed by atoms with E-state index in [1.807, 2.05) is 17.6 Å². The highest BCUT2D eigenvalue weighted by molar-refractivity contribution is 7.12. The van der Waals surface area contributed by atoms with E-state index in [1.165, 1.54) is 11.3 Å². The minimum Gasteiger partial charge on any atom is -0.352 e. The number of thiazole rings is 1. The number of aromatic nitrogens is 3. The number of nitrogens with one attached hydrogen (secondary N) is 1. The van der Waals surface area contributed by atoms with Crippen LogP contribution >= 0.6 is 22.9 Å². The quantitative estimate of drug-likeness (QED) is 0.781. The predicted molar refractivity (Wildman–Crippen MR) is 86.7 cm³/mol. The number of benzene rings is 1. The van der Waals surface area contributed by atoms with Crippen LogP contribution in [0.15, 0.2) is 48.1 Å². The Morgan fingerprint density at radius 3 is 3.05 bits per heavy atom. The fourth-order valence-electron chi connectivity index (χ4n) is 1.93. The maximum Gasteiger partial charge on any atom is 0.251 e. The third-order valence-electron chi connectivity index (χ3n) is 2.99. The fraction of sp³-hybridized carbons (Fsp3) is 0.133. The van der Waals surface area contributed by atoms with E-state index in [2.05, 4.69) is 15.4 Å². The van der Waals surface area contributed by atoms with E-state index in [0.29, 0.717) is 23.6 Å². The van der Waals surface area contributed by atoms with Gasteiger partial charge in [0.2, 0.25) is 5.13 Å². The van der Waals surface area contributed by atoms with Crippen molar-refractivity contribution >= 4 is 28.8 Å². The van der Waals surface area contributed by atoms with Gasteiger partial charge in [0.15, 0.2) is 0 Å². The molecule has 2 aromatic heterocycles. The summed E-state index contributed by atoms with van der Waals surface area (Å²) in [6.45, 7) is 0.521. The molecule has 1 aromatic carbocycles. The van der Waals surface area contributed by atoms with E-state index in [9.17, 15) is 4.79 Å². The molecule has 0 atom stereocenters. The Bertz CT molecular complexity index is 769. The minimum absolute atomic E-state index is 0.134. The van der Waals surface area contributed by atoms with Gasteiger partial charge in [-0.05, 0) is 24.3 Å². The first-order chi connectivity index (χ1) is 10.7. The molecule has 0 aliphatic rings. The lowest BCUT2D eigenvalue weighted by atomic mass is 10.2. The molecule has 5 nitrogen and oxygen atoms in total. The average Bonchev–Trinajstić information content (AvgIpc) is 3.18. The molecule has 2 heterocycles. The molecule has 7 heteroatoms. The van der Waals surface area contributed by atoms with Gasteiger partial charge in [-0.3, -0.25) is 4.79 Å². The molecule has 0 saturated carbocycles. The summed E-state index contributed by atoms with van der Waals surface area (Å²) >= 11 is 7.40. The Kier molecular flexibility index (Phi) is 4.50. The molecular formula is C15H13ClN4OS. The van der Waals surface area contributed by atoms with Crippen LogP contribution in [0.25, 0.3) is 5.13 Å². The molecule has 22 heavy (non-hydrogen) atoms. The van der Waals surface area contributed by atoms with Crippen molar-refractivity contribution in [1.82, 2.24) is 20.1 Å². The van der Waals surface area contributed by atoms with Crippen LogP contribution in [-0.2, 0) is 6.42 Å². The highest BCUT2D eigenvalue weighted by Gasteiger charge is 2.07. The van der Waals surface area contributed by atoms with Gasteiger partial charge in [-0.2, -0.15) is 5.10 Å². The molecule has 0 bridgehead atoms. The summed E-state index contributed by atoms with van der Waals surface area (Å²) in [5, 5.41) is 10.3. The van der Waals surface area contributed by atoms with Crippen LogP contribution < -0.4 is 5.32 Å². The average molecular weight is 333 g/mol. The monoisotopic (exact) mass is 332 g/mol. The molecule has 0 radical (unpaired) electrons. The molecule has 1 amide bonds. The van der Waals surface area contributed by atoms with Crippen molar-refractivity contribution in [2.24, 2.45) is 0 Å². The topological polar surface area (TPSA) is 59.8 Å². The number of carbonyl (C=O) groups excluding carboxylic acids is 1. The second-order valence-electron chi connectivity index (χ2n) is 4.59. The van der Waals surface area contributed by atoms with Gasteiger partial charge in [0.25, 0.3) is 5.91 Å². The van der Waals surface area contributed by atoms with Crippen molar-refractivity contribution in [1.29, 1.82) is 0 Å². The van der Waals surface area contributed by atoms with Crippen LogP contribution in [0.2, 0.25) is 5.02 Å². The number of nitrogens with zero attached hydrogens (tertiary/aromatic N) is 3. The number of rotatable bonds is 5. The fourth-order valence-corrected chi connectivity index (χ4v) is 2.92. The molecule has 1 N–H and O–H groups in total. The van der Waals surface area contributed by atoms with Gasteiger partial charge in [-0.25, -0.2) is 9.67 Å². The van der Waals surface area contributed by atoms with Gasteiger partial charge >= 0.3 is 0 Å². The summed E-state index contributed by atoms with van der Waals surface area (Å²) in [6, 6.07) is 8.74. The smallest absolute Gasteiger partial charge is 0.251 e. The van der Waals surface area contributed by atoms with Crippen molar-refractivity contribution in [2.75, 3.05) is 6.54 Å². The van der Waals surface area contributed by atoms with Crippen LogP contribution in [-0.4, -0.2) is 27.2 Å². The lowest BCUT2D eigenvalue weighted by Crippen LogP contribution is -2.25. The largest absolute Gasteiger partial charge is 0.352 e. The van der Waals surface area contributed by atoms with E-state index in [-0.39, 0.29) is 5.91 Å². The number of hydrogen-bond donors (Lipinski definition) is 1. The van der Waals surface area contributed by atoms with Crippen molar-refractivity contribution < 1.29 is 4.79 Å². The van der Waals surface area contributed by atoms with Gasteiger partial charge in [-0.15, -0.1) is 11.3 Å². The highest BCUT2D eigenvalue weighted by Crippen LogP contribution is 2.14. The Morgan fingerprint density at radius 2 is 2.27 bits per heavy atom. The number of carbonyl (C=O) groups is 1. The lowest BCUT2D eigenvalue weighted by molar-refractivity contribution is 0.0954. The first-order valence-corrected chi connectivity index (χ1v) is 7.96. The Labute approximate surface area is 136 Å². The predicted octanol–water partition coefficient (Wildman–Crippen LogP) is 2.95. The molecule has 3 aromatic rings. The van der Waals surface area contributed by atoms with Gasteiger partial charge < -0.3 is 5.32 Å². The molecule has 0 aliphatic heterocycles. The maximum absolute atomic E-state index is 12.0. The summed E-state index contributed by atoms with van der Waals surface area (Å²) in [5.74, 6) is -0.134. The van der Waals surface area contributed by atoms with E-state index in [0.717, 1.165) is 10.8 Å². The zero-order valence-corrected chi connectivity index (χ0v) is 13.1. The second-order valence-corrected chi connectivity index (χ2v) is 5.86. The Balaban J connectivity index is 1.54. The van der Waals surface area contributed by atoms with Crippen LogP contribution in [0, 0.1) is 0 Å². The SMILES string of the molecule is O=C(NCCc1csc(-n2cccn2)n1)c1cccc(Cl)c1. The van der Waals surface area contributed by atoms with Crippen LogP contribution in [0.5, 0.6) is 0 Å². The van der Waals surface area contributed by atoms with Crippen LogP contribution in [0.1, 0.15) is 16.1 Å². The van der Waals surface area contributed by atoms with Crippen LogP contribution in [0.3, 0.4) is 0 Å². The Morgan fingerprint density at radius 1 is 1.36 bits per heavy atom. The third-order valence-corrected chi connectivity index (χ3v) is 4.11. The van der Waals surface area contributed by atoms with Gasteiger partial charge in [0.1, 0.15) is 0 Å². The standard InChI is InChI=1S/C15H13ClN4OS/c16-12-4-1-3-11(9-12)14(21)17-7-5-13-10-22-15(19-13)20-8-2-6-18-20/h1-4,6,8-10H,5,7H2,(H,17,21). The first kappa shape index (κ1) is 14.7. The summed E-state index contributed by atoms with van der Waals surface area (Å²) in [5.41, 5.74) is 1.49. The number of hydrogen-bond acceptors (Lipinski definition) is 4. The van der Waals surface area contributed by atoms with Gasteiger partial charge in [-0.1, -0.05) is 17.7 Å². The lowest BCUT2D eigenvalue weighted by Gasteiger charge is -2.04. The molecule has 0 spiro atoms. The van der Waals surface area contributed by atoms with Crippen molar-refractivity contribution in [2.45, 2.75) is 6.42 Å². The summed E-state index contributed by atoms with van der Waals surface area (Å²) in [7, 11) is 0. The molecule has 0 unspecified atom stereocenters. The highest BCUT2D eigenvalue weighted by atomic mass is 35.5. The molecular weight excluding hydrogens is 320 g/mol. The van der Waals surface area contributed by atoms with E-state index >= 15 is 0 Å². The maximum atomic E-state index is 12.0. The van der Waals surface area contributed by atoms with E-state index < -0.39 is 0 Å².